The fourth-order valence-corrected chi connectivity index (χ4v) is 10.6. The van der Waals surface area contributed by atoms with Gasteiger partial charge in [-0.15, -0.1) is 0 Å². The summed E-state index contributed by atoms with van der Waals surface area (Å²) in [5, 5.41) is 0. The van der Waals surface area contributed by atoms with E-state index >= 15 is 0 Å². The highest BCUT2D eigenvalue weighted by Crippen LogP contribution is 2.58. The summed E-state index contributed by atoms with van der Waals surface area (Å²) < 4.78 is 6.71. The van der Waals surface area contributed by atoms with Crippen LogP contribution in [0.1, 0.15) is 58.1 Å². The van der Waals surface area contributed by atoms with Gasteiger partial charge in [-0.3, -0.25) is 0 Å². The summed E-state index contributed by atoms with van der Waals surface area (Å²) in [5.74, 6) is 2.19. The fraction of sp³-hybridized carbons (Fsp3) is 0.156. The molecule has 5 heteroatoms. The molecule has 50 heavy (non-hydrogen) atoms. The van der Waals surface area contributed by atoms with E-state index in [1.54, 1.807) is 0 Å². The van der Waals surface area contributed by atoms with E-state index < -0.39 is 4.87 Å². The zero-order valence-corrected chi connectivity index (χ0v) is 28.3. The SMILES string of the molecule is CC12N=C(N3c4ccccc4C4c5c(cccc5-c5cccc6c5OC5C=CC=CC65)C=CC43)N=C(c3ccccc3)C1c1ccccc1S2. The molecular weight excluding hydrogens is 631 g/mol. The van der Waals surface area contributed by atoms with Crippen molar-refractivity contribution in [3.8, 4) is 16.9 Å². The van der Waals surface area contributed by atoms with Gasteiger partial charge < -0.3 is 9.64 Å². The average molecular weight is 664 g/mol. The summed E-state index contributed by atoms with van der Waals surface area (Å²) in [5.41, 5.74) is 12.3. The number of ether oxygens (including phenoxy) is 1. The highest BCUT2D eigenvalue weighted by Gasteiger charge is 2.52. The van der Waals surface area contributed by atoms with Crippen molar-refractivity contribution in [2.24, 2.45) is 9.98 Å². The molecule has 0 saturated carbocycles. The largest absolute Gasteiger partial charge is 0.484 e. The van der Waals surface area contributed by atoms with Crippen molar-refractivity contribution in [2.75, 3.05) is 4.90 Å². The number of thioether (sulfide) groups is 1. The molecular formula is C45H33N3OS. The number of nitrogens with zero attached hydrogens (tertiary/aromatic N) is 3. The van der Waals surface area contributed by atoms with Crippen LogP contribution in [-0.4, -0.2) is 28.7 Å². The van der Waals surface area contributed by atoms with Gasteiger partial charge in [0.15, 0.2) is 0 Å². The first-order chi connectivity index (χ1) is 24.7. The maximum Gasteiger partial charge on any atom is 0.227 e. The summed E-state index contributed by atoms with van der Waals surface area (Å²) in [6, 6.07) is 41.8. The molecule has 6 atom stereocenters. The van der Waals surface area contributed by atoms with E-state index in [2.05, 4.69) is 164 Å². The fourth-order valence-electron chi connectivity index (χ4n) is 9.23. The van der Waals surface area contributed by atoms with Gasteiger partial charge in [-0.2, -0.15) is 0 Å². The number of anilines is 1. The second-order valence-corrected chi connectivity index (χ2v) is 15.5. The standard InChI is InChI=1S/C45H33N3OS/c1-45-41(34-18-7-10-24-38(34)50-45)42(28-13-3-2-4-14-28)46-44(47-45)48-35-22-8-5-17-33(35)40-36(48)26-25-27-15-11-19-30(39(27)40)32-21-12-20-31-29-16-6-9-23-37(29)49-43(31)32/h2-26,29,36-37,40-41H,1H3. The Balaban J connectivity index is 1.08. The van der Waals surface area contributed by atoms with Gasteiger partial charge in [-0.25, -0.2) is 9.98 Å². The van der Waals surface area contributed by atoms with Crippen molar-refractivity contribution in [1.82, 2.24) is 0 Å². The number of guanidine groups is 1. The lowest BCUT2D eigenvalue weighted by atomic mass is 9.77. The zero-order valence-electron chi connectivity index (χ0n) is 27.5. The molecule has 0 spiro atoms. The Bertz CT molecular complexity index is 2410. The van der Waals surface area contributed by atoms with Gasteiger partial charge in [0.1, 0.15) is 16.7 Å². The van der Waals surface area contributed by atoms with E-state index in [1.165, 1.54) is 44.0 Å². The van der Waals surface area contributed by atoms with E-state index in [9.17, 15) is 0 Å². The lowest BCUT2D eigenvalue weighted by molar-refractivity contribution is 0.270. The van der Waals surface area contributed by atoms with E-state index in [4.69, 9.17) is 14.7 Å². The number of hydrogen-bond donors (Lipinski definition) is 0. The Morgan fingerprint density at radius 3 is 2.40 bits per heavy atom. The molecule has 0 N–H and O–H groups in total. The van der Waals surface area contributed by atoms with E-state index in [0.29, 0.717) is 0 Å². The third-order valence-corrected chi connectivity index (χ3v) is 12.6. The summed E-state index contributed by atoms with van der Waals surface area (Å²) in [6.45, 7) is 2.29. The van der Waals surface area contributed by atoms with Crippen molar-refractivity contribution in [2.45, 2.75) is 46.6 Å². The normalized spacial score (nSPS) is 27.2. The number of rotatable bonds is 2. The van der Waals surface area contributed by atoms with Crippen molar-refractivity contribution < 1.29 is 4.74 Å². The first-order valence-corrected chi connectivity index (χ1v) is 18.3. The predicted octanol–water partition coefficient (Wildman–Crippen LogP) is 10.1. The first kappa shape index (κ1) is 28.4. The van der Waals surface area contributed by atoms with Gasteiger partial charge in [0.25, 0.3) is 0 Å². The van der Waals surface area contributed by atoms with Crippen LogP contribution in [-0.2, 0) is 0 Å². The minimum atomic E-state index is -0.429. The molecule has 11 rings (SSSR count). The average Bonchev–Trinajstić information content (AvgIpc) is 3.81. The minimum Gasteiger partial charge on any atom is -0.484 e. The monoisotopic (exact) mass is 663 g/mol. The van der Waals surface area contributed by atoms with Crippen LogP contribution in [0.5, 0.6) is 5.75 Å². The van der Waals surface area contributed by atoms with Crippen molar-refractivity contribution in [3.63, 3.8) is 0 Å². The molecule has 6 aliphatic rings. The van der Waals surface area contributed by atoms with Gasteiger partial charge in [0.2, 0.25) is 5.96 Å². The van der Waals surface area contributed by atoms with Crippen LogP contribution in [0, 0.1) is 0 Å². The number of para-hydroxylation sites is 2. The topological polar surface area (TPSA) is 37.2 Å². The molecule has 0 saturated heterocycles. The Kier molecular flexibility index (Phi) is 6.01. The smallest absolute Gasteiger partial charge is 0.227 e. The molecule has 6 unspecified atom stereocenters. The predicted molar refractivity (Wildman–Crippen MR) is 205 cm³/mol. The Hall–Kier alpha value is -5.39. The number of benzene rings is 5. The van der Waals surface area contributed by atoms with E-state index in [0.717, 1.165) is 28.5 Å². The second-order valence-electron chi connectivity index (χ2n) is 14.1. The van der Waals surface area contributed by atoms with Crippen LogP contribution >= 0.6 is 11.8 Å². The summed E-state index contributed by atoms with van der Waals surface area (Å²) in [7, 11) is 0. The maximum absolute atomic E-state index is 6.71. The number of fused-ring (bicyclic) bond motifs is 11. The molecule has 0 radical (unpaired) electrons. The molecule has 0 fully saturated rings. The van der Waals surface area contributed by atoms with Crippen LogP contribution in [0.15, 0.2) is 161 Å². The molecule has 0 bridgehead atoms. The van der Waals surface area contributed by atoms with Crippen LogP contribution in [0.3, 0.4) is 0 Å². The van der Waals surface area contributed by atoms with Crippen LogP contribution in [0.2, 0.25) is 0 Å². The number of hydrogen-bond acceptors (Lipinski definition) is 5. The Morgan fingerprint density at radius 1 is 0.720 bits per heavy atom. The third-order valence-electron chi connectivity index (χ3n) is 11.3. The van der Waals surface area contributed by atoms with Gasteiger partial charge in [-0.05, 0) is 58.5 Å². The van der Waals surface area contributed by atoms with Crippen molar-refractivity contribution >= 4 is 35.2 Å². The molecule has 240 valence electrons. The van der Waals surface area contributed by atoms with Crippen molar-refractivity contribution in [1.29, 1.82) is 0 Å². The van der Waals surface area contributed by atoms with Gasteiger partial charge >= 0.3 is 0 Å². The molecule has 5 aromatic rings. The summed E-state index contributed by atoms with van der Waals surface area (Å²) in [4.78, 5) is 14.4. The lowest BCUT2D eigenvalue weighted by Gasteiger charge is -2.37. The summed E-state index contributed by atoms with van der Waals surface area (Å²) >= 11 is 1.87. The molecule has 0 aromatic heterocycles. The quantitative estimate of drug-likeness (QED) is 0.189. The van der Waals surface area contributed by atoms with Gasteiger partial charge in [0, 0.05) is 33.5 Å². The van der Waals surface area contributed by atoms with Crippen LogP contribution < -0.4 is 9.64 Å². The Morgan fingerprint density at radius 2 is 1.48 bits per heavy atom. The molecule has 5 aromatic carbocycles. The Labute approximate surface area is 296 Å². The maximum atomic E-state index is 6.71. The zero-order chi connectivity index (χ0) is 33.0. The first-order valence-electron chi connectivity index (χ1n) is 17.5. The minimum absolute atomic E-state index is 0.0145. The van der Waals surface area contributed by atoms with Gasteiger partial charge in [-0.1, -0.05) is 145 Å². The molecule has 2 aliphatic carbocycles. The third kappa shape index (κ3) is 3.95. The number of allylic oxidation sites excluding steroid dienone is 2. The molecule has 4 nitrogen and oxygen atoms in total. The van der Waals surface area contributed by atoms with Gasteiger partial charge in [0.05, 0.1) is 17.7 Å². The second kappa shape index (κ2) is 10.6. The van der Waals surface area contributed by atoms with Crippen LogP contribution in [0.4, 0.5) is 5.69 Å². The highest BCUT2D eigenvalue weighted by molar-refractivity contribution is 8.01. The summed E-state index contributed by atoms with van der Waals surface area (Å²) in [6.07, 6.45) is 13.4. The number of aliphatic imine (C=N–C) groups is 2. The lowest BCUT2D eigenvalue weighted by Crippen LogP contribution is -2.44. The van der Waals surface area contributed by atoms with Crippen molar-refractivity contribution in [3.05, 3.63) is 179 Å². The molecule has 4 heterocycles. The molecule has 0 amide bonds. The highest BCUT2D eigenvalue weighted by atomic mass is 32.2. The van der Waals surface area contributed by atoms with Crippen LogP contribution in [0.25, 0.3) is 17.2 Å². The van der Waals surface area contributed by atoms with E-state index in [1.807, 2.05) is 11.8 Å². The van der Waals surface area contributed by atoms with E-state index in [-0.39, 0.29) is 29.9 Å². The molecule has 4 aliphatic heterocycles.